The number of thiazole rings is 1. The van der Waals surface area contributed by atoms with Gasteiger partial charge in [-0.15, -0.1) is 11.3 Å². The zero-order valence-corrected chi connectivity index (χ0v) is 11.7. The van der Waals surface area contributed by atoms with Crippen molar-refractivity contribution in [2.24, 2.45) is 0 Å². The van der Waals surface area contributed by atoms with Crippen LogP contribution in [0.1, 0.15) is 42.8 Å². The molecular weight excluding hydrogens is 220 g/mol. The Kier molecular flexibility index (Phi) is 4.89. The zero-order chi connectivity index (χ0) is 12.2. The van der Waals surface area contributed by atoms with Crippen molar-refractivity contribution in [1.82, 2.24) is 10.3 Å². The van der Waals surface area contributed by atoms with Crippen LogP contribution in [0.5, 0.6) is 0 Å². The largest absolute Gasteiger partial charge is 0.368 e. The first-order valence-corrected chi connectivity index (χ1v) is 6.64. The molecule has 1 rings (SSSR count). The highest BCUT2D eigenvalue weighted by molar-refractivity contribution is 7.11. The minimum absolute atomic E-state index is 0.226. The first-order chi connectivity index (χ1) is 7.57. The van der Waals surface area contributed by atoms with Crippen molar-refractivity contribution in [1.29, 1.82) is 0 Å². The highest BCUT2D eigenvalue weighted by Crippen LogP contribution is 2.33. The van der Waals surface area contributed by atoms with Gasteiger partial charge in [-0.2, -0.15) is 0 Å². The molecule has 0 radical (unpaired) electrons. The standard InChI is InChI=1S/C12H22N2OS/c1-6-12(4,15-7-2)11-14-9(3)10(16-11)8-13-5/h13H,6-8H2,1-5H3. The lowest BCUT2D eigenvalue weighted by atomic mass is 10.0. The summed E-state index contributed by atoms with van der Waals surface area (Å²) in [6.45, 7) is 9.97. The number of aromatic nitrogens is 1. The molecule has 0 aliphatic carbocycles. The molecule has 1 N–H and O–H groups in total. The van der Waals surface area contributed by atoms with Gasteiger partial charge in [0.1, 0.15) is 10.6 Å². The van der Waals surface area contributed by atoms with Crippen molar-refractivity contribution in [3.63, 3.8) is 0 Å². The maximum absolute atomic E-state index is 5.84. The molecule has 0 spiro atoms. The monoisotopic (exact) mass is 242 g/mol. The van der Waals surface area contributed by atoms with Crippen LogP contribution in [0, 0.1) is 6.92 Å². The number of hydrogen-bond acceptors (Lipinski definition) is 4. The fourth-order valence-corrected chi connectivity index (χ4v) is 2.86. The quantitative estimate of drug-likeness (QED) is 0.833. The Balaban J connectivity index is 2.97. The normalized spacial score (nSPS) is 15.1. The third-order valence-corrected chi connectivity index (χ3v) is 4.22. The van der Waals surface area contributed by atoms with Crippen LogP contribution in [0.2, 0.25) is 0 Å². The van der Waals surface area contributed by atoms with Crippen LogP contribution in [0.4, 0.5) is 0 Å². The van der Waals surface area contributed by atoms with Gasteiger partial charge in [-0.1, -0.05) is 6.92 Å². The van der Waals surface area contributed by atoms with Gasteiger partial charge in [-0.3, -0.25) is 0 Å². The van der Waals surface area contributed by atoms with Crippen molar-refractivity contribution in [3.05, 3.63) is 15.6 Å². The number of aryl methyl sites for hydroxylation is 1. The molecule has 1 aromatic heterocycles. The van der Waals surface area contributed by atoms with Crippen LogP contribution in [-0.4, -0.2) is 18.6 Å². The molecular formula is C12H22N2OS. The second kappa shape index (κ2) is 5.75. The molecule has 1 unspecified atom stereocenters. The van der Waals surface area contributed by atoms with E-state index in [1.165, 1.54) is 4.88 Å². The maximum atomic E-state index is 5.84. The van der Waals surface area contributed by atoms with Gasteiger partial charge in [0.05, 0.1) is 5.69 Å². The van der Waals surface area contributed by atoms with Gasteiger partial charge in [-0.05, 0) is 34.2 Å². The van der Waals surface area contributed by atoms with Gasteiger partial charge in [0.25, 0.3) is 0 Å². The molecule has 1 aromatic rings. The van der Waals surface area contributed by atoms with Crippen LogP contribution >= 0.6 is 11.3 Å². The molecule has 0 bridgehead atoms. The number of hydrogen-bond donors (Lipinski definition) is 1. The van der Waals surface area contributed by atoms with E-state index in [1.54, 1.807) is 11.3 Å². The van der Waals surface area contributed by atoms with Crippen LogP contribution in [0.3, 0.4) is 0 Å². The molecule has 0 aliphatic rings. The summed E-state index contributed by atoms with van der Waals surface area (Å²) in [6.07, 6.45) is 0.951. The molecule has 4 heteroatoms. The van der Waals surface area contributed by atoms with E-state index in [2.05, 4.69) is 31.1 Å². The first kappa shape index (κ1) is 13.6. The molecule has 0 saturated carbocycles. The van der Waals surface area contributed by atoms with E-state index in [0.29, 0.717) is 0 Å². The van der Waals surface area contributed by atoms with E-state index < -0.39 is 0 Å². The van der Waals surface area contributed by atoms with E-state index in [-0.39, 0.29) is 5.60 Å². The minimum Gasteiger partial charge on any atom is -0.368 e. The molecule has 0 amide bonds. The molecule has 3 nitrogen and oxygen atoms in total. The lowest BCUT2D eigenvalue weighted by Crippen LogP contribution is -2.24. The van der Waals surface area contributed by atoms with E-state index in [0.717, 1.165) is 30.3 Å². The van der Waals surface area contributed by atoms with Gasteiger partial charge in [0.2, 0.25) is 0 Å². The van der Waals surface area contributed by atoms with Crippen LogP contribution < -0.4 is 5.32 Å². The van der Waals surface area contributed by atoms with Gasteiger partial charge >= 0.3 is 0 Å². The van der Waals surface area contributed by atoms with Gasteiger partial charge < -0.3 is 10.1 Å². The smallest absolute Gasteiger partial charge is 0.125 e. The minimum atomic E-state index is -0.226. The van der Waals surface area contributed by atoms with Crippen LogP contribution in [0.15, 0.2) is 0 Å². The SMILES string of the molecule is CCOC(C)(CC)c1nc(C)c(CNC)s1. The second-order valence-corrected chi connectivity index (χ2v) is 5.16. The summed E-state index contributed by atoms with van der Waals surface area (Å²) in [5.41, 5.74) is 0.893. The van der Waals surface area contributed by atoms with Gasteiger partial charge in [-0.25, -0.2) is 4.98 Å². The van der Waals surface area contributed by atoms with Crippen LogP contribution in [0.25, 0.3) is 0 Å². The number of nitrogens with zero attached hydrogens (tertiary/aromatic N) is 1. The van der Waals surface area contributed by atoms with Gasteiger partial charge in [0, 0.05) is 18.0 Å². The van der Waals surface area contributed by atoms with Crippen molar-refractivity contribution < 1.29 is 4.74 Å². The highest BCUT2D eigenvalue weighted by Gasteiger charge is 2.29. The maximum Gasteiger partial charge on any atom is 0.125 e. The molecule has 0 aromatic carbocycles. The summed E-state index contributed by atoms with van der Waals surface area (Å²) in [4.78, 5) is 5.95. The topological polar surface area (TPSA) is 34.1 Å². The van der Waals surface area contributed by atoms with Crippen LogP contribution in [-0.2, 0) is 16.9 Å². The Labute approximate surface area is 102 Å². The predicted molar refractivity (Wildman–Crippen MR) is 68.9 cm³/mol. The second-order valence-electron chi connectivity index (χ2n) is 4.08. The van der Waals surface area contributed by atoms with E-state index in [9.17, 15) is 0 Å². The Bertz CT molecular complexity index is 338. The number of rotatable bonds is 6. The van der Waals surface area contributed by atoms with Crippen molar-refractivity contribution in [3.8, 4) is 0 Å². The third-order valence-electron chi connectivity index (χ3n) is 2.82. The van der Waals surface area contributed by atoms with Crippen molar-refractivity contribution in [2.75, 3.05) is 13.7 Å². The summed E-state index contributed by atoms with van der Waals surface area (Å²) in [5, 5.41) is 4.27. The lowest BCUT2D eigenvalue weighted by molar-refractivity contribution is -0.0325. The van der Waals surface area contributed by atoms with E-state index in [4.69, 9.17) is 4.74 Å². The molecule has 16 heavy (non-hydrogen) atoms. The highest BCUT2D eigenvalue weighted by atomic mass is 32.1. The summed E-state index contributed by atoms with van der Waals surface area (Å²) in [5.74, 6) is 0. The van der Waals surface area contributed by atoms with Gasteiger partial charge in [0.15, 0.2) is 0 Å². The fourth-order valence-electron chi connectivity index (χ4n) is 1.61. The summed E-state index contributed by atoms with van der Waals surface area (Å²) in [6, 6.07) is 0. The zero-order valence-electron chi connectivity index (χ0n) is 10.9. The first-order valence-electron chi connectivity index (χ1n) is 5.82. The fraction of sp³-hybridized carbons (Fsp3) is 0.750. The van der Waals surface area contributed by atoms with Crippen molar-refractivity contribution >= 4 is 11.3 Å². The van der Waals surface area contributed by atoms with E-state index in [1.807, 2.05) is 14.0 Å². The van der Waals surface area contributed by atoms with E-state index >= 15 is 0 Å². The summed E-state index contributed by atoms with van der Waals surface area (Å²) < 4.78 is 5.84. The molecule has 1 atom stereocenters. The molecule has 0 saturated heterocycles. The van der Waals surface area contributed by atoms with Crippen molar-refractivity contribution in [2.45, 2.75) is 46.3 Å². The molecule has 0 fully saturated rings. The number of nitrogens with one attached hydrogen (secondary N) is 1. The third kappa shape index (κ3) is 2.81. The Morgan fingerprint density at radius 2 is 2.12 bits per heavy atom. The number of ether oxygens (including phenoxy) is 1. The summed E-state index contributed by atoms with van der Waals surface area (Å²) in [7, 11) is 1.96. The Morgan fingerprint density at radius 3 is 2.62 bits per heavy atom. The predicted octanol–water partition coefficient (Wildman–Crippen LogP) is 2.83. The summed E-state index contributed by atoms with van der Waals surface area (Å²) >= 11 is 1.76. The lowest BCUT2D eigenvalue weighted by Gasteiger charge is -2.25. The average Bonchev–Trinajstić information content (AvgIpc) is 2.62. The Hall–Kier alpha value is -0.450. The molecule has 92 valence electrons. The molecule has 0 aliphatic heterocycles. The Morgan fingerprint density at radius 1 is 1.44 bits per heavy atom. The molecule has 1 heterocycles. The average molecular weight is 242 g/mol.